The lowest BCUT2D eigenvalue weighted by atomic mass is 10.2. The molecule has 0 saturated carbocycles. The van der Waals surface area contributed by atoms with Gasteiger partial charge in [0.25, 0.3) is 5.91 Å². The molecular weight excluding hydrogens is 358 g/mol. The van der Waals surface area contributed by atoms with E-state index in [2.05, 4.69) is 0 Å². The van der Waals surface area contributed by atoms with Crippen LogP contribution in [0, 0.1) is 5.82 Å². The molecule has 1 aliphatic heterocycles. The van der Waals surface area contributed by atoms with Crippen molar-refractivity contribution >= 4 is 39.1 Å². The predicted molar refractivity (Wildman–Crippen MR) is 79.8 cm³/mol. The average Bonchev–Trinajstić information content (AvgIpc) is 2.49. The van der Waals surface area contributed by atoms with Crippen molar-refractivity contribution in [3.63, 3.8) is 0 Å². The normalized spacial score (nSPS) is 16.5. The van der Waals surface area contributed by atoms with Crippen LogP contribution in [0.5, 0.6) is 0 Å². The van der Waals surface area contributed by atoms with Crippen molar-refractivity contribution in [3.8, 4) is 0 Å². The number of halogens is 3. The Bertz CT molecular complexity index is 678. The predicted octanol–water partition coefficient (Wildman–Crippen LogP) is 1.88. The van der Waals surface area contributed by atoms with Crippen LogP contribution < -0.4 is 10.3 Å². The Kier molecular flexibility index (Phi) is 5.62. The molecule has 1 amide bonds. The van der Waals surface area contributed by atoms with Crippen LogP contribution in [0.2, 0.25) is 10.0 Å². The summed E-state index contributed by atoms with van der Waals surface area (Å²) < 4.78 is 42.9. The molecule has 1 heterocycles. The van der Waals surface area contributed by atoms with Crippen molar-refractivity contribution in [2.75, 3.05) is 13.2 Å². The fourth-order valence-electron chi connectivity index (χ4n) is 1.98. The summed E-state index contributed by atoms with van der Waals surface area (Å²) in [5.74, 6) is -1.97. The second kappa shape index (κ2) is 7.10. The Balaban J connectivity index is 2.06. The van der Waals surface area contributed by atoms with E-state index in [0.717, 1.165) is 12.1 Å². The van der Waals surface area contributed by atoms with Gasteiger partial charge in [0, 0.05) is 18.2 Å². The van der Waals surface area contributed by atoms with Crippen LogP contribution in [0.1, 0.15) is 23.2 Å². The molecule has 0 aliphatic carbocycles. The molecule has 22 heavy (non-hydrogen) atoms. The number of hydrogen-bond acceptors (Lipinski definition) is 4. The SMILES string of the molecule is O=C(NNS(=O)(=O)C1CCOCC1)c1cc(Cl)cc(Cl)c1F. The minimum Gasteiger partial charge on any atom is -0.381 e. The first-order chi connectivity index (χ1) is 10.3. The zero-order chi connectivity index (χ0) is 16.3. The number of hydrazine groups is 1. The second-order valence-electron chi connectivity index (χ2n) is 4.66. The Morgan fingerprint density at radius 2 is 1.91 bits per heavy atom. The van der Waals surface area contributed by atoms with E-state index in [9.17, 15) is 17.6 Å². The zero-order valence-electron chi connectivity index (χ0n) is 11.2. The largest absolute Gasteiger partial charge is 0.381 e. The number of sulfonamides is 1. The van der Waals surface area contributed by atoms with Gasteiger partial charge in [0.1, 0.15) is 0 Å². The Morgan fingerprint density at radius 1 is 1.27 bits per heavy atom. The van der Waals surface area contributed by atoms with Crippen molar-refractivity contribution in [2.24, 2.45) is 0 Å². The number of amides is 1. The van der Waals surface area contributed by atoms with E-state index < -0.39 is 32.6 Å². The van der Waals surface area contributed by atoms with Crippen molar-refractivity contribution in [1.82, 2.24) is 10.3 Å². The van der Waals surface area contributed by atoms with E-state index >= 15 is 0 Å². The Labute approximate surface area is 136 Å². The third kappa shape index (κ3) is 4.08. The molecule has 2 N–H and O–H groups in total. The van der Waals surface area contributed by atoms with Gasteiger partial charge in [-0.15, -0.1) is 4.83 Å². The maximum absolute atomic E-state index is 13.8. The molecule has 10 heteroatoms. The van der Waals surface area contributed by atoms with Gasteiger partial charge in [-0.3, -0.25) is 10.2 Å². The van der Waals surface area contributed by atoms with Crippen LogP contribution >= 0.6 is 23.2 Å². The van der Waals surface area contributed by atoms with Gasteiger partial charge in [-0.2, -0.15) is 0 Å². The zero-order valence-corrected chi connectivity index (χ0v) is 13.6. The van der Waals surface area contributed by atoms with Crippen LogP contribution in [-0.4, -0.2) is 32.8 Å². The fourth-order valence-corrected chi connectivity index (χ4v) is 3.68. The van der Waals surface area contributed by atoms with Gasteiger partial charge in [-0.05, 0) is 25.0 Å². The molecule has 0 spiro atoms. The molecule has 1 saturated heterocycles. The van der Waals surface area contributed by atoms with E-state index in [1.165, 1.54) is 0 Å². The first-order valence-electron chi connectivity index (χ1n) is 6.34. The van der Waals surface area contributed by atoms with E-state index in [4.69, 9.17) is 27.9 Å². The first-order valence-corrected chi connectivity index (χ1v) is 8.65. The standard InChI is InChI=1S/C12H13Cl2FN2O4S/c13-7-5-9(11(15)10(14)6-7)12(18)16-17-22(19,20)8-1-3-21-4-2-8/h5-6,8,17H,1-4H2,(H,16,18). The van der Waals surface area contributed by atoms with Crippen LogP contribution in [0.3, 0.4) is 0 Å². The van der Waals surface area contributed by atoms with Crippen LogP contribution in [-0.2, 0) is 14.8 Å². The van der Waals surface area contributed by atoms with Gasteiger partial charge in [0.15, 0.2) is 5.82 Å². The average molecular weight is 371 g/mol. The summed E-state index contributed by atoms with van der Waals surface area (Å²) in [4.78, 5) is 13.8. The third-order valence-corrected chi connectivity index (χ3v) is 5.38. The van der Waals surface area contributed by atoms with Crippen molar-refractivity contribution in [1.29, 1.82) is 0 Å². The number of benzene rings is 1. The monoisotopic (exact) mass is 370 g/mol. The number of ether oxygens (including phenoxy) is 1. The molecule has 1 aliphatic rings. The molecule has 0 unspecified atom stereocenters. The number of nitrogens with one attached hydrogen (secondary N) is 2. The minimum atomic E-state index is -3.77. The molecule has 1 aromatic rings. The molecule has 2 rings (SSSR count). The van der Waals surface area contributed by atoms with E-state index in [1.54, 1.807) is 0 Å². The maximum atomic E-state index is 13.8. The quantitative estimate of drug-likeness (QED) is 0.625. The number of carbonyl (C=O) groups excluding carboxylic acids is 1. The lowest BCUT2D eigenvalue weighted by Crippen LogP contribution is -2.47. The lowest BCUT2D eigenvalue weighted by Gasteiger charge is -2.22. The van der Waals surface area contributed by atoms with Gasteiger partial charge in [0.05, 0.1) is 15.8 Å². The van der Waals surface area contributed by atoms with Gasteiger partial charge in [-0.25, -0.2) is 12.8 Å². The molecule has 0 aromatic heterocycles. The van der Waals surface area contributed by atoms with Crippen molar-refractivity contribution in [3.05, 3.63) is 33.6 Å². The smallest absolute Gasteiger partial charge is 0.269 e. The molecule has 6 nitrogen and oxygen atoms in total. The number of carbonyl (C=O) groups is 1. The number of rotatable bonds is 4. The highest BCUT2D eigenvalue weighted by Crippen LogP contribution is 2.23. The summed E-state index contributed by atoms with van der Waals surface area (Å²) in [5, 5.41) is -0.942. The highest BCUT2D eigenvalue weighted by atomic mass is 35.5. The van der Waals surface area contributed by atoms with Gasteiger partial charge >= 0.3 is 0 Å². The van der Waals surface area contributed by atoms with Gasteiger partial charge in [-0.1, -0.05) is 23.2 Å². The summed E-state index contributed by atoms with van der Waals surface area (Å²) in [6.45, 7) is 0.663. The van der Waals surface area contributed by atoms with E-state index in [0.29, 0.717) is 26.1 Å². The molecule has 1 fully saturated rings. The lowest BCUT2D eigenvalue weighted by molar-refractivity contribution is 0.0934. The topological polar surface area (TPSA) is 84.5 Å². The first kappa shape index (κ1) is 17.4. The molecule has 0 atom stereocenters. The summed E-state index contributed by atoms with van der Waals surface area (Å²) in [6.07, 6.45) is 0.644. The number of hydrogen-bond donors (Lipinski definition) is 2. The maximum Gasteiger partial charge on any atom is 0.269 e. The summed E-state index contributed by atoms with van der Waals surface area (Å²) in [6, 6.07) is 2.20. The van der Waals surface area contributed by atoms with Crippen LogP contribution in [0.15, 0.2) is 12.1 Å². The second-order valence-corrected chi connectivity index (χ2v) is 7.47. The summed E-state index contributed by atoms with van der Waals surface area (Å²) in [7, 11) is -3.77. The molecule has 0 radical (unpaired) electrons. The van der Waals surface area contributed by atoms with Crippen molar-refractivity contribution in [2.45, 2.75) is 18.1 Å². The highest BCUT2D eigenvalue weighted by molar-refractivity contribution is 7.90. The third-order valence-electron chi connectivity index (χ3n) is 3.15. The fraction of sp³-hybridized carbons (Fsp3) is 0.417. The minimum absolute atomic E-state index is 0.0591. The van der Waals surface area contributed by atoms with Crippen molar-refractivity contribution < 1.29 is 22.3 Å². The summed E-state index contributed by atoms with van der Waals surface area (Å²) >= 11 is 11.3. The van der Waals surface area contributed by atoms with Gasteiger partial charge in [0.2, 0.25) is 10.0 Å². The molecule has 0 bridgehead atoms. The Morgan fingerprint density at radius 3 is 2.55 bits per heavy atom. The highest BCUT2D eigenvalue weighted by Gasteiger charge is 2.28. The van der Waals surface area contributed by atoms with E-state index in [1.807, 2.05) is 10.3 Å². The van der Waals surface area contributed by atoms with Crippen LogP contribution in [0.25, 0.3) is 0 Å². The summed E-state index contributed by atoms with van der Waals surface area (Å²) in [5.41, 5.74) is 1.51. The van der Waals surface area contributed by atoms with E-state index in [-0.39, 0.29) is 10.0 Å². The van der Waals surface area contributed by atoms with Gasteiger partial charge < -0.3 is 4.74 Å². The Hall–Kier alpha value is -0.930. The molecule has 1 aromatic carbocycles. The molecular formula is C12H13Cl2FN2O4S. The van der Waals surface area contributed by atoms with Crippen LogP contribution in [0.4, 0.5) is 4.39 Å². The molecule has 122 valence electrons.